The molecule has 140 valence electrons. The lowest BCUT2D eigenvalue weighted by Crippen LogP contribution is -2.31. The number of hydrogen-bond donors (Lipinski definition) is 1. The second-order valence-corrected chi connectivity index (χ2v) is 7.43. The Bertz CT molecular complexity index is 1110. The third-order valence-electron chi connectivity index (χ3n) is 5.56. The number of piperidine rings is 1. The van der Waals surface area contributed by atoms with Crippen molar-refractivity contribution in [2.75, 3.05) is 23.3 Å². The third kappa shape index (κ3) is 3.26. The minimum absolute atomic E-state index is 0.738. The molecule has 5 rings (SSSR count). The van der Waals surface area contributed by atoms with E-state index in [1.54, 1.807) is 0 Å². The average Bonchev–Trinajstić information content (AvgIpc) is 2.78. The molecule has 0 amide bonds. The van der Waals surface area contributed by atoms with E-state index in [9.17, 15) is 0 Å². The minimum Gasteiger partial charge on any atom is -0.365 e. The van der Waals surface area contributed by atoms with Gasteiger partial charge >= 0.3 is 0 Å². The molecule has 0 spiro atoms. The average molecular weight is 368 g/mol. The maximum absolute atomic E-state index is 4.92. The van der Waals surface area contributed by atoms with Crippen LogP contribution in [-0.2, 0) is 6.54 Å². The largest absolute Gasteiger partial charge is 0.365 e. The first-order valence-electron chi connectivity index (χ1n) is 10.1. The number of rotatable bonds is 4. The fourth-order valence-electron chi connectivity index (χ4n) is 4.06. The number of aromatic nitrogens is 2. The smallest absolute Gasteiger partial charge is 0.227 e. The number of nitrogens with one attached hydrogen (secondary N) is 1. The Morgan fingerprint density at radius 3 is 2.39 bits per heavy atom. The third-order valence-corrected chi connectivity index (χ3v) is 5.56. The highest BCUT2D eigenvalue weighted by Gasteiger charge is 2.16. The van der Waals surface area contributed by atoms with Crippen molar-refractivity contribution in [1.29, 1.82) is 0 Å². The van der Waals surface area contributed by atoms with Gasteiger partial charge in [0, 0.05) is 25.0 Å². The summed E-state index contributed by atoms with van der Waals surface area (Å²) in [4.78, 5) is 12.1. The maximum atomic E-state index is 4.92. The molecule has 4 heteroatoms. The molecule has 1 fully saturated rings. The van der Waals surface area contributed by atoms with Crippen molar-refractivity contribution < 1.29 is 0 Å². The lowest BCUT2D eigenvalue weighted by atomic mass is 10.0. The summed E-state index contributed by atoms with van der Waals surface area (Å²) in [5.41, 5.74) is 2.28. The van der Waals surface area contributed by atoms with Crippen molar-refractivity contribution in [3.05, 3.63) is 72.3 Å². The van der Waals surface area contributed by atoms with Crippen LogP contribution in [-0.4, -0.2) is 23.1 Å². The van der Waals surface area contributed by atoms with Crippen LogP contribution in [0.5, 0.6) is 0 Å². The Balaban J connectivity index is 1.50. The first-order chi connectivity index (χ1) is 13.9. The molecule has 1 aliphatic rings. The molecule has 3 aromatic carbocycles. The topological polar surface area (TPSA) is 41.1 Å². The molecule has 2 heterocycles. The van der Waals surface area contributed by atoms with Crippen LogP contribution in [0.25, 0.3) is 21.7 Å². The number of nitrogens with zero attached hydrogens (tertiary/aromatic N) is 3. The normalized spacial score (nSPS) is 14.5. The Morgan fingerprint density at radius 2 is 1.50 bits per heavy atom. The summed E-state index contributed by atoms with van der Waals surface area (Å²) in [5.74, 6) is 1.76. The Kier molecular flexibility index (Phi) is 4.53. The predicted molar refractivity (Wildman–Crippen MR) is 117 cm³/mol. The molecule has 0 radical (unpaired) electrons. The predicted octanol–water partition coefficient (Wildman–Crippen LogP) is 5.39. The molecule has 0 aliphatic carbocycles. The summed E-state index contributed by atoms with van der Waals surface area (Å²) >= 11 is 0. The lowest BCUT2D eigenvalue weighted by Gasteiger charge is -2.27. The Morgan fingerprint density at radius 1 is 0.750 bits per heavy atom. The molecule has 28 heavy (non-hydrogen) atoms. The Hall–Kier alpha value is -3.14. The SMILES string of the molecule is c1ccc2c(CNc3nc(N4CCCCC4)nc4ccccc34)cccc2c1. The van der Waals surface area contributed by atoms with Crippen molar-refractivity contribution >= 4 is 33.4 Å². The van der Waals surface area contributed by atoms with E-state index in [1.165, 1.54) is 35.6 Å². The number of fused-ring (bicyclic) bond motifs is 2. The molecule has 4 aromatic rings. The fourth-order valence-corrected chi connectivity index (χ4v) is 4.06. The van der Waals surface area contributed by atoms with Gasteiger partial charge in [-0.25, -0.2) is 4.98 Å². The van der Waals surface area contributed by atoms with Crippen LogP contribution in [0.2, 0.25) is 0 Å². The first-order valence-corrected chi connectivity index (χ1v) is 10.1. The van der Waals surface area contributed by atoms with Gasteiger partial charge in [-0.3, -0.25) is 0 Å². The highest BCUT2D eigenvalue weighted by molar-refractivity contribution is 5.90. The molecule has 0 atom stereocenters. The van der Waals surface area contributed by atoms with E-state index in [1.807, 2.05) is 6.07 Å². The fraction of sp³-hybridized carbons (Fsp3) is 0.250. The van der Waals surface area contributed by atoms with Crippen molar-refractivity contribution in [3.63, 3.8) is 0 Å². The summed E-state index contributed by atoms with van der Waals surface area (Å²) in [6.07, 6.45) is 3.74. The standard InChI is InChI=1S/C24H24N4/c1-6-15-28(16-7-1)24-26-22-14-5-4-13-21(22)23(27-24)25-17-19-11-8-10-18-9-2-3-12-20(18)19/h2-5,8-14H,1,6-7,15-17H2,(H,25,26,27). The molecule has 0 saturated carbocycles. The molecule has 0 bridgehead atoms. The first kappa shape index (κ1) is 17.0. The van der Waals surface area contributed by atoms with Crippen LogP contribution in [0.4, 0.5) is 11.8 Å². The molecule has 4 nitrogen and oxygen atoms in total. The minimum atomic E-state index is 0.738. The zero-order chi connectivity index (χ0) is 18.8. The van der Waals surface area contributed by atoms with Gasteiger partial charge in [-0.05, 0) is 47.7 Å². The van der Waals surface area contributed by atoms with Crippen LogP contribution >= 0.6 is 0 Å². The molecule has 1 aromatic heterocycles. The summed E-state index contributed by atoms with van der Waals surface area (Å²) in [6.45, 7) is 2.82. The van der Waals surface area contributed by atoms with Crippen molar-refractivity contribution in [3.8, 4) is 0 Å². The molecule has 1 saturated heterocycles. The maximum Gasteiger partial charge on any atom is 0.227 e. The summed E-state index contributed by atoms with van der Waals surface area (Å²) in [5, 5.41) is 7.22. The number of anilines is 2. The molecule has 1 aliphatic heterocycles. The van der Waals surface area contributed by atoms with E-state index in [-0.39, 0.29) is 0 Å². The molecule has 0 unspecified atom stereocenters. The van der Waals surface area contributed by atoms with Crippen LogP contribution in [0.1, 0.15) is 24.8 Å². The number of benzene rings is 3. The van der Waals surface area contributed by atoms with Gasteiger partial charge in [0.1, 0.15) is 5.82 Å². The van der Waals surface area contributed by atoms with E-state index < -0.39 is 0 Å². The van der Waals surface area contributed by atoms with Gasteiger partial charge in [0.15, 0.2) is 0 Å². The van der Waals surface area contributed by atoms with Crippen LogP contribution in [0.15, 0.2) is 66.7 Å². The van der Waals surface area contributed by atoms with Gasteiger partial charge in [0.05, 0.1) is 5.52 Å². The number of hydrogen-bond acceptors (Lipinski definition) is 4. The highest BCUT2D eigenvalue weighted by Crippen LogP contribution is 2.26. The lowest BCUT2D eigenvalue weighted by molar-refractivity contribution is 0.569. The number of para-hydroxylation sites is 1. The van der Waals surface area contributed by atoms with E-state index in [4.69, 9.17) is 9.97 Å². The second-order valence-electron chi connectivity index (χ2n) is 7.43. The van der Waals surface area contributed by atoms with Crippen molar-refractivity contribution in [1.82, 2.24) is 9.97 Å². The zero-order valence-electron chi connectivity index (χ0n) is 15.9. The van der Waals surface area contributed by atoms with Crippen molar-refractivity contribution in [2.24, 2.45) is 0 Å². The van der Waals surface area contributed by atoms with Gasteiger partial charge in [-0.15, -0.1) is 0 Å². The monoisotopic (exact) mass is 368 g/mol. The summed E-state index contributed by atoms with van der Waals surface area (Å²) < 4.78 is 0. The van der Waals surface area contributed by atoms with E-state index in [0.29, 0.717) is 0 Å². The van der Waals surface area contributed by atoms with E-state index in [0.717, 1.165) is 42.3 Å². The molecular formula is C24H24N4. The van der Waals surface area contributed by atoms with Crippen LogP contribution in [0, 0.1) is 0 Å². The molecular weight excluding hydrogens is 344 g/mol. The van der Waals surface area contributed by atoms with Crippen LogP contribution < -0.4 is 10.2 Å². The highest BCUT2D eigenvalue weighted by atomic mass is 15.3. The van der Waals surface area contributed by atoms with Crippen molar-refractivity contribution in [2.45, 2.75) is 25.8 Å². The quantitative estimate of drug-likeness (QED) is 0.525. The van der Waals surface area contributed by atoms with E-state index in [2.05, 4.69) is 70.9 Å². The summed E-state index contributed by atoms with van der Waals surface area (Å²) in [7, 11) is 0. The van der Waals surface area contributed by atoms with Gasteiger partial charge < -0.3 is 10.2 Å². The van der Waals surface area contributed by atoms with Crippen LogP contribution in [0.3, 0.4) is 0 Å². The van der Waals surface area contributed by atoms with E-state index >= 15 is 0 Å². The van der Waals surface area contributed by atoms with Gasteiger partial charge in [-0.2, -0.15) is 4.98 Å². The molecule has 1 N–H and O–H groups in total. The Labute approximate surface area is 165 Å². The van der Waals surface area contributed by atoms with Gasteiger partial charge in [0.2, 0.25) is 5.95 Å². The van der Waals surface area contributed by atoms with Gasteiger partial charge in [-0.1, -0.05) is 54.6 Å². The second kappa shape index (κ2) is 7.47. The summed E-state index contributed by atoms with van der Waals surface area (Å²) in [6, 6.07) is 23.3. The van der Waals surface area contributed by atoms with Gasteiger partial charge in [0.25, 0.3) is 0 Å². The zero-order valence-corrected chi connectivity index (χ0v) is 15.9.